The number of carboxylic acids is 1. The third kappa shape index (κ3) is 3.97. The summed E-state index contributed by atoms with van der Waals surface area (Å²) in [5.41, 5.74) is 1.28. The normalized spacial score (nSPS) is 23.8. The minimum Gasteiger partial charge on any atom is -0.481 e. The lowest BCUT2D eigenvalue weighted by Gasteiger charge is -2.43. The molecule has 0 unspecified atom stereocenters. The van der Waals surface area contributed by atoms with Crippen LogP contribution in [0.5, 0.6) is 0 Å². The highest BCUT2D eigenvalue weighted by atomic mass is 16.4. The summed E-state index contributed by atoms with van der Waals surface area (Å²) in [5, 5.41) is 24.3. The first kappa shape index (κ1) is 18.6. The van der Waals surface area contributed by atoms with Crippen LogP contribution in [0.4, 0.5) is 0 Å². The Morgan fingerprint density at radius 2 is 1.96 bits per heavy atom. The number of rotatable bonds is 7. The molecule has 6 nitrogen and oxygen atoms in total. The molecule has 3 rings (SSSR count). The molecule has 0 amide bonds. The smallest absolute Gasteiger partial charge is 0.313 e. The Morgan fingerprint density at radius 3 is 2.54 bits per heavy atom. The third-order valence-corrected chi connectivity index (χ3v) is 5.32. The fourth-order valence-corrected chi connectivity index (χ4v) is 3.90. The number of aliphatic hydroxyl groups is 1. The second-order valence-electron chi connectivity index (χ2n) is 7.25. The molecule has 1 aliphatic heterocycles. The Balaban J connectivity index is 1.65. The maximum absolute atomic E-state index is 11.9. The molecular formula is C20H27N3O3. The van der Waals surface area contributed by atoms with E-state index in [0.29, 0.717) is 25.9 Å². The zero-order valence-corrected chi connectivity index (χ0v) is 15.2. The van der Waals surface area contributed by atoms with E-state index in [1.54, 1.807) is 6.20 Å². The van der Waals surface area contributed by atoms with E-state index in [2.05, 4.69) is 34.3 Å². The highest BCUT2D eigenvalue weighted by Gasteiger charge is 2.48. The Kier molecular flexibility index (Phi) is 5.74. The predicted octanol–water partition coefficient (Wildman–Crippen LogP) is 2.37. The lowest BCUT2D eigenvalue weighted by molar-refractivity contribution is -0.164. The van der Waals surface area contributed by atoms with Crippen molar-refractivity contribution < 1.29 is 15.0 Å². The van der Waals surface area contributed by atoms with Crippen LogP contribution in [0.25, 0.3) is 0 Å². The molecule has 2 aromatic rings. The quantitative estimate of drug-likeness (QED) is 0.795. The van der Waals surface area contributed by atoms with Crippen molar-refractivity contribution in [2.24, 2.45) is 5.41 Å². The summed E-state index contributed by atoms with van der Waals surface area (Å²) in [6.45, 7) is 4.52. The van der Waals surface area contributed by atoms with Crippen molar-refractivity contribution in [3.05, 3.63) is 53.9 Å². The van der Waals surface area contributed by atoms with Gasteiger partial charge in [-0.1, -0.05) is 37.6 Å². The summed E-state index contributed by atoms with van der Waals surface area (Å²) in [6, 6.07) is 10.3. The Morgan fingerprint density at radius 1 is 1.27 bits per heavy atom. The number of carbonyl (C=O) groups is 1. The van der Waals surface area contributed by atoms with Crippen molar-refractivity contribution in [3.63, 3.8) is 0 Å². The second-order valence-corrected chi connectivity index (χ2v) is 7.25. The lowest BCUT2D eigenvalue weighted by atomic mass is 9.74. The van der Waals surface area contributed by atoms with E-state index in [4.69, 9.17) is 0 Å². The number of carboxylic acid groups (broad SMARTS) is 1. The molecule has 2 heterocycles. The van der Waals surface area contributed by atoms with Crippen LogP contribution >= 0.6 is 0 Å². The molecular weight excluding hydrogens is 330 g/mol. The molecule has 6 heteroatoms. The molecule has 2 N–H and O–H groups in total. The molecule has 0 bridgehead atoms. The van der Waals surface area contributed by atoms with Gasteiger partial charge in [-0.05, 0) is 30.0 Å². The minimum atomic E-state index is -1.05. The SMILES string of the molecule is CCC[C@@]1(C(=O)O)CN(Cc2ccc(Cn3cccn3)cc2)CC[C@H]1O. The molecule has 1 aromatic heterocycles. The van der Waals surface area contributed by atoms with Crippen molar-refractivity contribution in [1.29, 1.82) is 0 Å². The van der Waals surface area contributed by atoms with Gasteiger partial charge < -0.3 is 10.2 Å². The van der Waals surface area contributed by atoms with E-state index < -0.39 is 17.5 Å². The molecule has 0 saturated carbocycles. The number of benzene rings is 1. The first-order valence-corrected chi connectivity index (χ1v) is 9.22. The number of aliphatic hydroxyl groups excluding tert-OH is 1. The Hall–Kier alpha value is -2.18. The molecule has 1 saturated heterocycles. The van der Waals surface area contributed by atoms with Crippen LogP contribution in [0.1, 0.15) is 37.3 Å². The van der Waals surface area contributed by atoms with Crippen molar-refractivity contribution in [2.45, 2.75) is 45.4 Å². The average Bonchev–Trinajstić information content (AvgIpc) is 3.12. The Labute approximate surface area is 154 Å². The van der Waals surface area contributed by atoms with E-state index in [1.165, 1.54) is 5.56 Å². The first-order chi connectivity index (χ1) is 12.5. The fourth-order valence-electron chi connectivity index (χ4n) is 3.90. The van der Waals surface area contributed by atoms with Crippen LogP contribution < -0.4 is 0 Å². The fraction of sp³-hybridized carbons (Fsp3) is 0.500. The van der Waals surface area contributed by atoms with E-state index in [1.807, 2.05) is 23.9 Å². The largest absolute Gasteiger partial charge is 0.481 e. The summed E-state index contributed by atoms with van der Waals surface area (Å²) in [6.07, 6.45) is 4.69. The van der Waals surface area contributed by atoms with E-state index >= 15 is 0 Å². The van der Waals surface area contributed by atoms with Gasteiger partial charge in [0.05, 0.1) is 12.6 Å². The molecule has 1 fully saturated rings. The van der Waals surface area contributed by atoms with Gasteiger partial charge in [0.25, 0.3) is 0 Å². The van der Waals surface area contributed by atoms with Gasteiger partial charge in [-0.15, -0.1) is 0 Å². The standard InChI is InChI=1S/C20H27N3O3/c1-2-9-20(19(25)26)15-22(12-8-18(20)24)13-16-4-6-17(7-5-16)14-23-11-3-10-21-23/h3-7,10-11,18,24H,2,8-9,12-15H2,1H3,(H,25,26)/t18-,20-/m1/s1. The van der Waals surface area contributed by atoms with Crippen LogP contribution in [-0.4, -0.2) is 50.1 Å². The lowest BCUT2D eigenvalue weighted by Crippen LogP contribution is -2.55. The van der Waals surface area contributed by atoms with Gasteiger partial charge >= 0.3 is 5.97 Å². The van der Waals surface area contributed by atoms with Crippen molar-refractivity contribution in [3.8, 4) is 0 Å². The van der Waals surface area contributed by atoms with Gasteiger partial charge in [0.2, 0.25) is 0 Å². The third-order valence-electron chi connectivity index (χ3n) is 5.32. The van der Waals surface area contributed by atoms with Crippen LogP contribution in [0.2, 0.25) is 0 Å². The zero-order chi connectivity index (χ0) is 18.6. The minimum absolute atomic E-state index is 0.395. The first-order valence-electron chi connectivity index (χ1n) is 9.22. The van der Waals surface area contributed by atoms with Gasteiger partial charge in [0, 0.05) is 32.0 Å². The molecule has 0 aliphatic carbocycles. The number of aromatic nitrogens is 2. The second kappa shape index (κ2) is 8.01. The monoisotopic (exact) mass is 357 g/mol. The number of nitrogens with zero attached hydrogens (tertiary/aromatic N) is 3. The number of likely N-dealkylation sites (tertiary alicyclic amines) is 1. The van der Waals surface area contributed by atoms with Crippen molar-refractivity contribution >= 4 is 5.97 Å². The summed E-state index contributed by atoms with van der Waals surface area (Å²) >= 11 is 0. The van der Waals surface area contributed by atoms with Gasteiger partial charge in [-0.3, -0.25) is 14.4 Å². The van der Waals surface area contributed by atoms with Gasteiger partial charge in [-0.25, -0.2) is 0 Å². The maximum atomic E-state index is 11.9. The molecule has 26 heavy (non-hydrogen) atoms. The molecule has 140 valence electrons. The Bertz CT molecular complexity index is 714. The van der Waals surface area contributed by atoms with Crippen LogP contribution in [0, 0.1) is 5.41 Å². The van der Waals surface area contributed by atoms with Crippen LogP contribution in [0.15, 0.2) is 42.7 Å². The van der Waals surface area contributed by atoms with Crippen molar-refractivity contribution in [2.75, 3.05) is 13.1 Å². The van der Waals surface area contributed by atoms with Crippen LogP contribution in [0.3, 0.4) is 0 Å². The number of piperidine rings is 1. The molecule has 0 radical (unpaired) electrons. The van der Waals surface area contributed by atoms with Gasteiger partial charge in [0.1, 0.15) is 5.41 Å². The number of hydrogen-bond acceptors (Lipinski definition) is 4. The number of aliphatic carboxylic acids is 1. The summed E-state index contributed by atoms with van der Waals surface area (Å²) < 4.78 is 1.88. The molecule has 1 aromatic carbocycles. The summed E-state index contributed by atoms with van der Waals surface area (Å²) in [7, 11) is 0. The molecule has 1 aliphatic rings. The summed E-state index contributed by atoms with van der Waals surface area (Å²) in [5.74, 6) is -0.883. The molecule has 0 spiro atoms. The number of hydrogen-bond donors (Lipinski definition) is 2. The average molecular weight is 357 g/mol. The van der Waals surface area contributed by atoms with E-state index in [0.717, 1.165) is 25.1 Å². The van der Waals surface area contributed by atoms with Crippen LogP contribution in [-0.2, 0) is 17.9 Å². The highest BCUT2D eigenvalue weighted by Crippen LogP contribution is 2.36. The van der Waals surface area contributed by atoms with Gasteiger partial charge in [-0.2, -0.15) is 5.10 Å². The zero-order valence-electron chi connectivity index (χ0n) is 15.2. The van der Waals surface area contributed by atoms with E-state index in [9.17, 15) is 15.0 Å². The molecule has 2 atom stereocenters. The topological polar surface area (TPSA) is 78.6 Å². The summed E-state index contributed by atoms with van der Waals surface area (Å²) in [4.78, 5) is 14.0. The van der Waals surface area contributed by atoms with Crippen molar-refractivity contribution in [1.82, 2.24) is 14.7 Å². The highest BCUT2D eigenvalue weighted by molar-refractivity contribution is 5.76. The maximum Gasteiger partial charge on any atom is 0.313 e. The van der Waals surface area contributed by atoms with E-state index in [-0.39, 0.29) is 0 Å². The predicted molar refractivity (Wildman–Crippen MR) is 98.6 cm³/mol. The van der Waals surface area contributed by atoms with Gasteiger partial charge in [0.15, 0.2) is 0 Å².